The van der Waals surface area contributed by atoms with Gasteiger partial charge in [-0.15, -0.1) is 11.8 Å². The van der Waals surface area contributed by atoms with Gasteiger partial charge in [0.1, 0.15) is 0 Å². The minimum Gasteiger partial charge on any atom is -0.269 e. The fourth-order valence-electron chi connectivity index (χ4n) is 1.07. The van der Waals surface area contributed by atoms with Crippen molar-refractivity contribution in [1.29, 1.82) is 0 Å². The highest BCUT2D eigenvalue weighted by Gasteiger charge is 1.85. The van der Waals surface area contributed by atoms with Crippen molar-refractivity contribution in [3.05, 3.63) is 11.6 Å². The molecule has 1 nitrogen and oxygen atoms in total. The fraction of sp³-hybridized carbons (Fsp3) is 0.727. The summed E-state index contributed by atoms with van der Waals surface area (Å²) in [5.41, 5.74) is 0. The Balaban J connectivity index is 3.06. The molecule has 2 heteroatoms. The molecule has 0 spiro atoms. The van der Waals surface area contributed by atoms with Crippen LogP contribution in [-0.4, -0.2) is 12.5 Å². The zero-order valence-electron chi connectivity index (χ0n) is 8.83. The summed E-state index contributed by atoms with van der Waals surface area (Å²) in [5, 5.41) is 1.99. The van der Waals surface area contributed by atoms with E-state index in [-0.39, 0.29) is 0 Å². The number of aliphatic imine (C=N–C) groups is 1. The molecule has 0 N–H and O–H groups in total. The second-order valence-electron chi connectivity index (χ2n) is 3.06. The van der Waals surface area contributed by atoms with Crippen LogP contribution in [0.15, 0.2) is 16.6 Å². The van der Waals surface area contributed by atoms with E-state index >= 15 is 0 Å². The van der Waals surface area contributed by atoms with E-state index < -0.39 is 0 Å². The van der Waals surface area contributed by atoms with Crippen LogP contribution in [0.3, 0.4) is 0 Å². The number of hydrogen-bond donors (Lipinski definition) is 0. The molecule has 0 unspecified atom stereocenters. The summed E-state index contributed by atoms with van der Waals surface area (Å²) in [6.45, 7) is 2.24. The lowest BCUT2D eigenvalue weighted by Crippen LogP contribution is -1.78. The lowest BCUT2D eigenvalue weighted by molar-refractivity contribution is 0.645. The van der Waals surface area contributed by atoms with Crippen molar-refractivity contribution in [2.45, 2.75) is 45.4 Å². The first-order valence-corrected chi connectivity index (χ1v) is 6.40. The lowest BCUT2D eigenvalue weighted by Gasteiger charge is -1.94. The maximum Gasteiger partial charge on any atom is 0.0326 e. The fourth-order valence-corrected chi connectivity index (χ4v) is 1.26. The highest BCUT2D eigenvalue weighted by molar-refractivity contribution is 8.01. The van der Waals surface area contributed by atoms with Crippen LogP contribution in [0.5, 0.6) is 0 Å². The van der Waals surface area contributed by atoms with Gasteiger partial charge in [0.15, 0.2) is 0 Å². The summed E-state index contributed by atoms with van der Waals surface area (Å²) in [6.07, 6.45) is 13.8. The zero-order valence-corrected chi connectivity index (χ0v) is 9.65. The summed E-state index contributed by atoms with van der Waals surface area (Å²) in [5.74, 6) is 0. The van der Waals surface area contributed by atoms with Gasteiger partial charge in [-0.2, -0.15) is 0 Å². The van der Waals surface area contributed by atoms with Crippen molar-refractivity contribution in [1.82, 2.24) is 0 Å². The van der Waals surface area contributed by atoms with Crippen LogP contribution in [0.1, 0.15) is 45.4 Å². The van der Waals surface area contributed by atoms with E-state index in [9.17, 15) is 0 Å². The van der Waals surface area contributed by atoms with Crippen molar-refractivity contribution in [3.63, 3.8) is 0 Å². The molecule has 0 atom stereocenters. The van der Waals surface area contributed by atoms with E-state index in [1.807, 2.05) is 24.1 Å². The van der Waals surface area contributed by atoms with E-state index in [1.165, 1.54) is 32.1 Å². The van der Waals surface area contributed by atoms with Gasteiger partial charge in [0.2, 0.25) is 0 Å². The van der Waals surface area contributed by atoms with E-state index in [1.54, 1.807) is 11.8 Å². The Hall–Kier alpha value is -0.240. The Bertz CT molecular complexity index is 141. The predicted octanol–water partition coefficient (Wildman–Crippen LogP) is 4.25. The first kappa shape index (κ1) is 12.8. The van der Waals surface area contributed by atoms with Gasteiger partial charge in [-0.25, -0.2) is 0 Å². The van der Waals surface area contributed by atoms with Crippen LogP contribution in [0.25, 0.3) is 0 Å². The number of nitrogens with zero attached hydrogens (tertiary/aromatic N) is 1. The van der Waals surface area contributed by atoms with Crippen LogP contribution >= 0.6 is 11.8 Å². The standard InChI is InChI=1S/C11H21NS/c1-3-4-5-6-7-8-9-12-10-11-13-2/h9-11H,3-8H2,1-2H3/b11-10-,12-9-. The van der Waals surface area contributed by atoms with Crippen molar-refractivity contribution < 1.29 is 0 Å². The Morgan fingerprint density at radius 3 is 2.62 bits per heavy atom. The molecule has 0 aliphatic rings. The van der Waals surface area contributed by atoms with Gasteiger partial charge in [-0.1, -0.05) is 32.6 Å². The summed E-state index contributed by atoms with van der Waals surface area (Å²) in [6, 6.07) is 0. The molecule has 0 saturated heterocycles. The van der Waals surface area contributed by atoms with Crippen LogP contribution in [0, 0.1) is 0 Å². The average Bonchev–Trinajstić information content (AvgIpc) is 2.16. The number of rotatable bonds is 8. The lowest BCUT2D eigenvalue weighted by atomic mass is 10.1. The number of thioether (sulfide) groups is 1. The van der Waals surface area contributed by atoms with Gasteiger partial charge in [-0.3, -0.25) is 4.99 Å². The number of unbranched alkanes of at least 4 members (excludes halogenated alkanes) is 5. The van der Waals surface area contributed by atoms with E-state index in [0.29, 0.717) is 0 Å². The first-order valence-electron chi connectivity index (χ1n) is 5.11. The zero-order chi connectivity index (χ0) is 9.78. The molecule has 13 heavy (non-hydrogen) atoms. The smallest absolute Gasteiger partial charge is 0.0326 e. The largest absolute Gasteiger partial charge is 0.269 e. The second kappa shape index (κ2) is 11.8. The van der Waals surface area contributed by atoms with Gasteiger partial charge in [0.25, 0.3) is 0 Å². The topological polar surface area (TPSA) is 12.4 Å². The second-order valence-corrected chi connectivity index (χ2v) is 3.80. The van der Waals surface area contributed by atoms with Crippen molar-refractivity contribution in [2.24, 2.45) is 4.99 Å². The van der Waals surface area contributed by atoms with Crippen LogP contribution in [0.4, 0.5) is 0 Å². The van der Waals surface area contributed by atoms with Crippen LogP contribution < -0.4 is 0 Å². The first-order chi connectivity index (χ1) is 6.41. The molecule has 0 aromatic heterocycles. The maximum atomic E-state index is 4.15. The van der Waals surface area contributed by atoms with E-state index in [4.69, 9.17) is 0 Å². The summed E-state index contributed by atoms with van der Waals surface area (Å²) < 4.78 is 0. The van der Waals surface area contributed by atoms with E-state index in [2.05, 4.69) is 11.9 Å². The third-order valence-electron chi connectivity index (χ3n) is 1.83. The van der Waals surface area contributed by atoms with Crippen molar-refractivity contribution >= 4 is 18.0 Å². The monoisotopic (exact) mass is 199 g/mol. The van der Waals surface area contributed by atoms with Gasteiger partial charge in [0.05, 0.1) is 0 Å². The molecule has 0 saturated carbocycles. The quantitative estimate of drug-likeness (QED) is 0.420. The minimum atomic E-state index is 1.13. The SMILES string of the molecule is CCCCCCC/C=N\C=C/SC. The molecule has 76 valence electrons. The van der Waals surface area contributed by atoms with Gasteiger partial charge < -0.3 is 0 Å². The highest BCUT2D eigenvalue weighted by atomic mass is 32.2. The van der Waals surface area contributed by atoms with Gasteiger partial charge in [0, 0.05) is 12.4 Å². The molecule has 0 aliphatic heterocycles. The van der Waals surface area contributed by atoms with Crippen LogP contribution in [-0.2, 0) is 0 Å². The molecule has 0 aliphatic carbocycles. The predicted molar refractivity (Wildman–Crippen MR) is 64.5 cm³/mol. The Morgan fingerprint density at radius 1 is 1.15 bits per heavy atom. The third-order valence-corrected chi connectivity index (χ3v) is 2.22. The van der Waals surface area contributed by atoms with E-state index in [0.717, 1.165) is 6.42 Å². The van der Waals surface area contributed by atoms with Crippen molar-refractivity contribution in [3.8, 4) is 0 Å². The Kier molecular flexibility index (Phi) is 11.5. The molecule has 0 aromatic rings. The molecular weight excluding hydrogens is 178 g/mol. The number of hydrogen-bond acceptors (Lipinski definition) is 2. The molecule has 0 bridgehead atoms. The molecule has 0 heterocycles. The molecule has 0 aromatic carbocycles. The molecular formula is C11H21NS. The summed E-state index contributed by atoms with van der Waals surface area (Å²) in [7, 11) is 0. The normalized spacial score (nSPS) is 11.8. The Morgan fingerprint density at radius 2 is 1.92 bits per heavy atom. The van der Waals surface area contributed by atoms with Crippen molar-refractivity contribution in [2.75, 3.05) is 6.26 Å². The molecule has 0 radical (unpaired) electrons. The maximum absolute atomic E-state index is 4.15. The highest BCUT2D eigenvalue weighted by Crippen LogP contribution is 2.03. The van der Waals surface area contributed by atoms with Crippen LogP contribution in [0.2, 0.25) is 0 Å². The molecule has 0 fully saturated rings. The van der Waals surface area contributed by atoms with Gasteiger partial charge in [-0.05, 0) is 24.5 Å². The molecule has 0 rings (SSSR count). The summed E-state index contributed by atoms with van der Waals surface area (Å²) in [4.78, 5) is 4.15. The van der Waals surface area contributed by atoms with Gasteiger partial charge >= 0.3 is 0 Å². The third kappa shape index (κ3) is 11.8. The summed E-state index contributed by atoms with van der Waals surface area (Å²) >= 11 is 1.68. The Labute approximate surface area is 86.7 Å². The molecule has 0 amide bonds. The average molecular weight is 199 g/mol. The minimum absolute atomic E-state index is 1.13.